The molecule has 0 aromatic heterocycles. The smallest absolute Gasteiger partial charge is 0.307 e. The highest BCUT2D eigenvalue weighted by molar-refractivity contribution is 8.14. The van der Waals surface area contributed by atoms with Crippen molar-refractivity contribution in [2.75, 3.05) is 95.0 Å². The minimum Gasteiger partial charge on any atom is -0.455 e. The minimum absolute atomic E-state index is 0.0850. The molecule has 0 rings (SSSR count). The van der Waals surface area contributed by atoms with E-state index in [4.69, 9.17) is 24.7 Å². The molecule has 37 heavy (non-hydrogen) atoms. The van der Waals surface area contributed by atoms with E-state index in [1.54, 1.807) is 35.3 Å². The van der Waals surface area contributed by atoms with Gasteiger partial charge in [-0.1, -0.05) is 11.8 Å². The molecule has 0 bridgehead atoms. The molecule has 1 unspecified atom stereocenters. The van der Waals surface area contributed by atoms with Crippen molar-refractivity contribution in [2.24, 2.45) is 0 Å². The molecule has 0 saturated carbocycles. The van der Waals surface area contributed by atoms with Gasteiger partial charge in [0.25, 0.3) is 0 Å². The lowest BCUT2D eigenvalue weighted by Crippen LogP contribution is -2.08. The fourth-order valence-electron chi connectivity index (χ4n) is 2.25. The Morgan fingerprint density at radius 3 is 2.08 bits per heavy atom. The van der Waals surface area contributed by atoms with Gasteiger partial charge in [0, 0.05) is 69.0 Å². The monoisotopic (exact) mass is 658 g/mol. The van der Waals surface area contributed by atoms with Crippen molar-refractivity contribution in [1.82, 2.24) is 0 Å². The molecule has 0 fully saturated rings. The van der Waals surface area contributed by atoms with Gasteiger partial charge < -0.3 is 14.9 Å². The van der Waals surface area contributed by atoms with Gasteiger partial charge in [0.15, 0.2) is 5.12 Å². The molecule has 0 aliphatic heterocycles. The van der Waals surface area contributed by atoms with Crippen LogP contribution >= 0.6 is 70.6 Å². The Labute approximate surface area is 250 Å². The second-order valence-electron chi connectivity index (χ2n) is 7.07. The van der Waals surface area contributed by atoms with Crippen molar-refractivity contribution in [2.45, 2.75) is 25.7 Å². The predicted molar refractivity (Wildman–Crippen MR) is 168 cm³/mol. The predicted octanol–water partition coefficient (Wildman–Crippen LogP) is 3.61. The maximum atomic E-state index is 12.1. The van der Waals surface area contributed by atoms with E-state index in [1.165, 1.54) is 35.3 Å². The molecule has 0 saturated heterocycles. The van der Waals surface area contributed by atoms with Crippen LogP contribution in [0.5, 0.6) is 0 Å². The van der Waals surface area contributed by atoms with Gasteiger partial charge in [0.05, 0.1) is 26.2 Å². The molecule has 0 heterocycles. The molecule has 0 spiro atoms. The lowest BCUT2D eigenvalue weighted by atomic mass is 10.5. The number of aliphatic hydroxyl groups excluding tert-OH is 2. The normalized spacial score (nSPS) is 12.1. The van der Waals surface area contributed by atoms with Gasteiger partial charge in [0.2, 0.25) is 0 Å². The summed E-state index contributed by atoms with van der Waals surface area (Å²) in [5.74, 6) is 8.93. The summed E-state index contributed by atoms with van der Waals surface area (Å²) in [6.45, 7) is 0.755. The molecule has 2 N–H and O–H groups in total. The van der Waals surface area contributed by atoms with Crippen LogP contribution in [0.4, 0.5) is 0 Å². The molecular formula is C22H42O8S7. The van der Waals surface area contributed by atoms with Crippen LogP contribution in [0.3, 0.4) is 0 Å². The van der Waals surface area contributed by atoms with Gasteiger partial charge >= 0.3 is 5.97 Å². The molecule has 0 radical (unpaired) electrons. The first kappa shape index (κ1) is 38.2. The third kappa shape index (κ3) is 31.6. The highest BCUT2D eigenvalue weighted by Gasteiger charge is 2.05. The van der Waals surface area contributed by atoms with Gasteiger partial charge in [-0.25, -0.2) is 9.78 Å². The van der Waals surface area contributed by atoms with Gasteiger partial charge in [-0.3, -0.25) is 13.8 Å². The summed E-state index contributed by atoms with van der Waals surface area (Å²) in [6, 6.07) is 0. The summed E-state index contributed by atoms with van der Waals surface area (Å²) >= 11 is 9.41. The number of carbonyl (C=O) groups excluding carboxylic acids is 2. The lowest BCUT2D eigenvalue weighted by molar-refractivity contribution is -0.278. The number of ether oxygens (including phenoxy) is 1. The molecule has 8 nitrogen and oxygen atoms in total. The molecule has 15 heteroatoms. The Morgan fingerprint density at radius 2 is 1.32 bits per heavy atom. The van der Waals surface area contributed by atoms with Crippen LogP contribution in [0.15, 0.2) is 0 Å². The van der Waals surface area contributed by atoms with Crippen molar-refractivity contribution in [3.8, 4) is 0 Å². The van der Waals surface area contributed by atoms with E-state index in [1.807, 2.05) is 0 Å². The standard InChI is InChI=1S/C22H42O8S7/c23-5-12-34-19-28-21(25)3-10-32-9-2-17-37(27)18-16-33-14-15-36-22(26)4-11-31-8-1-7-29-30-20-35-13-6-24/h23-24H,1-20H2. The summed E-state index contributed by atoms with van der Waals surface area (Å²) in [4.78, 5) is 33.4. The maximum Gasteiger partial charge on any atom is 0.307 e. The molecule has 0 aliphatic rings. The van der Waals surface area contributed by atoms with Crippen LogP contribution in [-0.4, -0.2) is 120 Å². The van der Waals surface area contributed by atoms with Crippen molar-refractivity contribution in [1.29, 1.82) is 0 Å². The summed E-state index contributed by atoms with van der Waals surface area (Å²) in [5, 5.41) is 17.5. The Bertz CT molecular complexity index is 561. The van der Waals surface area contributed by atoms with Crippen LogP contribution in [-0.2, 0) is 34.9 Å². The maximum absolute atomic E-state index is 12.1. The van der Waals surface area contributed by atoms with Crippen LogP contribution in [0, 0.1) is 0 Å². The Hall–Kier alpha value is 1.23. The zero-order valence-corrected chi connectivity index (χ0v) is 27.1. The number of carbonyl (C=O) groups is 2. The van der Waals surface area contributed by atoms with Crippen LogP contribution in [0.2, 0.25) is 0 Å². The number of aliphatic hydroxyl groups is 2. The third-order valence-electron chi connectivity index (χ3n) is 4.01. The van der Waals surface area contributed by atoms with Crippen molar-refractivity contribution >= 4 is 92.5 Å². The van der Waals surface area contributed by atoms with E-state index >= 15 is 0 Å². The van der Waals surface area contributed by atoms with Gasteiger partial charge in [-0.05, 0) is 24.3 Å². The molecule has 1 atom stereocenters. The van der Waals surface area contributed by atoms with E-state index in [0.717, 1.165) is 47.4 Å². The van der Waals surface area contributed by atoms with Crippen LogP contribution in [0.1, 0.15) is 25.7 Å². The average molecular weight is 659 g/mol. The number of esters is 1. The topological polar surface area (TPSA) is 119 Å². The number of rotatable bonds is 29. The SMILES string of the molecule is O=C(CCSCCCS(=O)CCSCCSC(=O)CCSCCCOOCSCCO)OCSCCO. The zero-order chi connectivity index (χ0) is 27.2. The Balaban J connectivity index is 3.34. The van der Waals surface area contributed by atoms with E-state index in [-0.39, 0.29) is 30.2 Å². The molecule has 220 valence electrons. The van der Waals surface area contributed by atoms with Crippen LogP contribution < -0.4 is 0 Å². The Morgan fingerprint density at radius 1 is 0.649 bits per heavy atom. The lowest BCUT2D eigenvalue weighted by Gasteiger charge is -2.05. The first-order valence-corrected chi connectivity index (χ1v) is 20.4. The van der Waals surface area contributed by atoms with Crippen molar-refractivity contribution in [3.05, 3.63) is 0 Å². The van der Waals surface area contributed by atoms with E-state index in [0.29, 0.717) is 54.2 Å². The number of hydrogen-bond acceptors (Lipinski definition) is 14. The number of hydrogen-bond donors (Lipinski definition) is 2. The fraction of sp³-hybridized carbons (Fsp3) is 0.909. The van der Waals surface area contributed by atoms with Gasteiger partial charge in [0.1, 0.15) is 11.9 Å². The average Bonchev–Trinajstić information content (AvgIpc) is 2.89. The summed E-state index contributed by atoms with van der Waals surface area (Å²) in [6.07, 6.45) is 2.69. The van der Waals surface area contributed by atoms with Gasteiger partial charge in [-0.15, -0.1) is 23.5 Å². The first-order chi connectivity index (χ1) is 18.1. The quantitative estimate of drug-likeness (QED) is 0.0400. The fourth-order valence-corrected chi connectivity index (χ4v) is 8.50. The van der Waals surface area contributed by atoms with E-state index < -0.39 is 10.8 Å². The number of thioether (sulfide) groups is 6. The summed E-state index contributed by atoms with van der Waals surface area (Å²) in [5.41, 5.74) is 0. The summed E-state index contributed by atoms with van der Waals surface area (Å²) < 4.78 is 17.1. The second-order valence-corrected chi connectivity index (χ2v) is 15.7. The van der Waals surface area contributed by atoms with Crippen LogP contribution in [0.25, 0.3) is 0 Å². The minimum atomic E-state index is -0.818. The van der Waals surface area contributed by atoms with E-state index in [9.17, 15) is 13.8 Å². The van der Waals surface area contributed by atoms with Gasteiger partial charge in [-0.2, -0.15) is 35.3 Å². The highest BCUT2D eigenvalue weighted by Crippen LogP contribution is 2.14. The molecule has 0 amide bonds. The second kappa shape index (κ2) is 31.8. The Kier molecular flexibility index (Phi) is 32.8. The molecule has 0 aromatic rings. The van der Waals surface area contributed by atoms with E-state index in [2.05, 4.69) is 0 Å². The molecular weight excluding hydrogens is 617 g/mol. The summed E-state index contributed by atoms with van der Waals surface area (Å²) in [7, 11) is -0.818. The van der Waals surface area contributed by atoms with Crippen molar-refractivity contribution < 1.29 is 38.5 Å². The molecule has 0 aromatic carbocycles. The van der Waals surface area contributed by atoms with Crippen molar-refractivity contribution in [3.63, 3.8) is 0 Å². The first-order valence-electron chi connectivity index (χ1n) is 12.1. The largest absolute Gasteiger partial charge is 0.455 e. The third-order valence-corrected chi connectivity index (χ3v) is 11.5. The molecule has 0 aliphatic carbocycles. The zero-order valence-electron chi connectivity index (χ0n) is 21.3. The highest BCUT2D eigenvalue weighted by atomic mass is 32.2.